The molecule has 0 atom stereocenters. The van der Waals surface area contributed by atoms with Crippen LogP contribution < -0.4 is 4.57 Å². The molecule has 0 aliphatic carbocycles. The van der Waals surface area contributed by atoms with Crippen molar-refractivity contribution in [3.63, 3.8) is 0 Å². The number of para-hydroxylation sites is 1. The average Bonchev–Trinajstić information content (AvgIpc) is 2.53. The predicted octanol–water partition coefficient (Wildman–Crippen LogP) is 2.75. The molecule has 0 fully saturated rings. The number of thiazole rings is 1. The van der Waals surface area contributed by atoms with Crippen molar-refractivity contribution >= 4 is 21.6 Å². The maximum absolute atomic E-state index is 2.14. The van der Waals surface area contributed by atoms with Crippen LogP contribution in [-0.2, 0) is 7.05 Å². The van der Waals surface area contributed by atoms with Crippen LogP contribution in [0.5, 0.6) is 0 Å². The van der Waals surface area contributed by atoms with E-state index in [0.717, 1.165) is 0 Å². The summed E-state index contributed by atoms with van der Waals surface area (Å²) in [7, 11) is 2.07. The van der Waals surface area contributed by atoms with Crippen LogP contribution in [0.15, 0.2) is 29.8 Å². The van der Waals surface area contributed by atoms with E-state index in [9.17, 15) is 0 Å². The lowest BCUT2D eigenvalue weighted by atomic mass is 10.3. The minimum Gasteiger partial charge on any atom is -0.191 e. The maximum Gasteiger partial charge on any atom is 0.225 e. The monoisotopic (exact) mass is 180 g/mol. The van der Waals surface area contributed by atoms with Gasteiger partial charge in [-0.2, -0.15) is 4.57 Å². The van der Waals surface area contributed by atoms with Gasteiger partial charge in [0.05, 0.1) is 0 Å². The van der Waals surface area contributed by atoms with E-state index in [0.29, 0.717) is 0 Å². The molecule has 0 spiro atoms. The van der Waals surface area contributed by atoms with Gasteiger partial charge in [0.2, 0.25) is 11.0 Å². The minimum atomic E-state index is 1.31. The molecule has 64 valence electrons. The molecule has 1 heterocycles. The molecular formula is C10H14NS+. The van der Waals surface area contributed by atoms with E-state index in [4.69, 9.17) is 0 Å². The number of hydrogen-bond donors (Lipinski definition) is 0. The summed E-state index contributed by atoms with van der Waals surface area (Å²) < 4.78 is 3.49. The molecule has 1 aromatic carbocycles. The first kappa shape index (κ1) is 9.20. The van der Waals surface area contributed by atoms with Crippen LogP contribution in [0.2, 0.25) is 0 Å². The summed E-state index contributed by atoms with van der Waals surface area (Å²) in [6, 6.07) is 8.40. The highest BCUT2D eigenvalue weighted by atomic mass is 32.1. The van der Waals surface area contributed by atoms with Crippen molar-refractivity contribution in [2.24, 2.45) is 7.05 Å². The fourth-order valence-corrected chi connectivity index (χ4v) is 1.92. The molecule has 2 rings (SSSR count). The van der Waals surface area contributed by atoms with Crippen LogP contribution in [0.1, 0.15) is 13.8 Å². The van der Waals surface area contributed by atoms with E-state index in [1.165, 1.54) is 10.2 Å². The maximum atomic E-state index is 2.14. The number of hydrogen-bond acceptors (Lipinski definition) is 1. The molecule has 2 heteroatoms. The van der Waals surface area contributed by atoms with Gasteiger partial charge in [0, 0.05) is 6.07 Å². The largest absolute Gasteiger partial charge is 0.225 e. The predicted molar refractivity (Wildman–Crippen MR) is 54.3 cm³/mol. The zero-order chi connectivity index (χ0) is 8.97. The molecule has 0 saturated heterocycles. The Labute approximate surface area is 77.3 Å². The third-order valence-electron chi connectivity index (χ3n) is 1.58. The van der Waals surface area contributed by atoms with Gasteiger partial charge in [-0.25, -0.2) is 0 Å². The van der Waals surface area contributed by atoms with Crippen molar-refractivity contribution in [2.75, 3.05) is 0 Å². The molecule has 0 bridgehead atoms. The smallest absolute Gasteiger partial charge is 0.191 e. The second kappa shape index (κ2) is 4.21. The Bertz CT molecular complexity index is 351. The third-order valence-corrected chi connectivity index (χ3v) is 2.60. The van der Waals surface area contributed by atoms with E-state index in [1.54, 1.807) is 11.3 Å². The molecule has 2 aromatic rings. The summed E-state index contributed by atoms with van der Waals surface area (Å²) in [6.45, 7) is 4.00. The van der Waals surface area contributed by atoms with Crippen molar-refractivity contribution in [1.82, 2.24) is 0 Å². The highest BCUT2D eigenvalue weighted by Crippen LogP contribution is 2.13. The lowest BCUT2D eigenvalue weighted by Gasteiger charge is -1.80. The summed E-state index contributed by atoms with van der Waals surface area (Å²) in [6.07, 6.45) is 0. The molecule has 1 nitrogen and oxygen atoms in total. The Hall–Kier alpha value is -0.890. The number of aryl methyl sites for hydroxylation is 1. The standard InChI is InChI=1S/C8H8NS.C2H6/c1-9-6-10-8-5-3-2-4-7(8)9;1-2/h2-6H,1H3;1-2H3/q+1;. The van der Waals surface area contributed by atoms with Crippen LogP contribution >= 0.6 is 11.3 Å². The van der Waals surface area contributed by atoms with Crippen LogP contribution in [0, 0.1) is 0 Å². The fraction of sp³-hybridized carbons (Fsp3) is 0.300. The number of aromatic nitrogens is 1. The first-order valence-corrected chi connectivity index (χ1v) is 5.08. The van der Waals surface area contributed by atoms with Crippen molar-refractivity contribution in [2.45, 2.75) is 13.8 Å². The summed E-state index contributed by atoms with van der Waals surface area (Å²) in [5.41, 5.74) is 3.43. The SMILES string of the molecule is CC.C[n+]1csc2ccccc21. The zero-order valence-electron chi connectivity index (χ0n) is 7.74. The van der Waals surface area contributed by atoms with Crippen molar-refractivity contribution in [1.29, 1.82) is 0 Å². The first-order valence-electron chi connectivity index (χ1n) is 4.20. The van der Waals surface area contributed by atoms with Gasteiger partial charge >= 0.3 is 0 Å². The van der Waals surface area contributed by atoms with Gasteiger partial charge < -0.3 is 0 Å². The highest BCUT2D eigenvalue weighted by molar-refractivity contribution is 7.16. The van der Waals surface area contributed by atoms with Gasteiger partial charge in [0.1, 0.15) is 11.7 Å². The Balaban J connectivity index is 0.000000336. The van der Waals surface area contributed by atoms with Crippen LogP contribution in [0.3, 0.4) is 0 Å². The molecule has 0 saturated carbocycles. The van der Waals surface area contributed by atoms with E-state index in [2.05, 4.69) is 41.4 Å². The Morgan fingerprint density at radius 2 is 1.83 bits per heavy atom. The van der Waals surface area contributed by atoms with Crippen LogP contribution in [0.25, 0.3) is 10.2 Å². The molecule has 0 unspecified atom stereocenters. The molecule has 0 aliphatic rings. The van der Waals surface area contributed by atoms with Gasteiger partial charge in [0.25, 0.3) is 0 Å². The Morgan fingerprint density at radius 1 is 1.17 bits per heavy atom. The lowest BCUT2D eigenvalue weighted by Crippen LogP contribution is -2.24. The summed E-state index contributed by atoms with van der Waals surface area (Å²) in [4.78, 5) is 0. The summed E-state index contributed by atoms with van der Waals surface area (Å²) >= 11 is 1.78. The highest BCUT2D eigenvalue weighted by Gasteiger charge is 2.03. The fourth-order valence-electron chi connectivity index (χ4n) is 1.04. The Kier molecular flexibility index (Phi) is 3.23. The molecule has 0 radical (unpaired) electrons. The topological polar surface area (TPSA) is 3.88 Å². The molecule has 1 aromatic heterocycles. The van der Waals surface area contributed by atoms with Crippen molar-refractivity contribution in [3.05, 3.63) is 29.8 Å². The second-order valence-electron chi connectivity index (χ2n) is 2.30. The van der Waals surface area contributed by atoms with Gasteiger partial charge in [-0.15, -0.1) is 0 Å². The van der Waals surface area contributed by atoms with Crippen LogP contribution in [-0.4, -0.2) is 0 Å². The van der Waals surface area contributed by atoms with Crippen molar-refractivity contribution < 1.29 is 4.57 Å². The van der Waals surface area contributed by atoms with E-state index < -0.39 is 0 Å². The number of rotatable bonds is 0. The second-order valence-corrected chi connectivity index (χ2v) is 3.19. The zero-order valence-corrected chi connectivity index (χ0v) is 8.56. The van der Waals surface area contributed by atoms with Gasteiger partial charge in [0.15, 0.2) is 0 Å². The summed E-state index contributed by atoms with van der Waals surface area (Å²) in [5.74, 6) is 0. The molecule has 0 N–H and O–H groups in total. The number of fused-ring (bicyclic) bond motifs is 1. The van der Waals surface area contributed by atoms with Gasteiger partial charge in [-0.1, -0.05) is 37.3 Å². The Morgan fingerprint density at radius 3 is 2.50 bits per heavy atom. The van der Waals surface area contributed by atoms with Gasteiger partial charge in [-0.05, 0) is 6.07 Å². The minimum absolute atomic E-state index is 1.31. The van der Waals surface area contributed by atoms with Crippen LogP contribution in [0.4, 0.5) is 0 Å². The quantitative estimate of drug-likeness (QED) is 0.549. The molecule has 12 heavy (non-hydrogen) atoms. The van der Waals surface area contributed by atoms with Gasteiger partial charge in [-0.3, -0.25) is 0 Å². The van der Waals surface area contributed by atoms with E-state index in [1.807, 2.05) is 13.8 Å². The number of nitrogens with zero attached hydrogens (tertiary/aromatic N) is 1. The first-order chi connectivity index (χ1) is 5.88. The normalized spacial score (nSPS) is 9.25. The third kappa shape index (κ3) is 1.64. The molecule has 0 amide bonds. The molecule has 0 aliphatic heterocycles. The van der Waals surface area contributed by atoms with E-state index >= 15 is 0 Å². The summed E-state index contributed by atoms with van der Waals surface area (Å²) in [5, 5.41) is 0. The number of benzene rings is 1. The lowest BCUT2D eigenvalue weighted by molar-refractivity contribution is -0.640. The van der Waals surface area contributed by atoms with Crippen molar-refractivity contribution in [3.8, 4) is 0 Å². The average molecular weight is 180 g/mol. The molecular weight excluding hydrogens is 166 g/mol. The van der Waals surface area contributed by atoms with E-state index in [-0.39, 0.29) is 0 Å².